The van der Waals surface area contributed by atoms with Gasteiger partial charge in [0.2, 0.25) is 0 Å². The highest BCUT2D eigenvalue weighted by Gasteiger charge is 2.15. The summed E-state index contributed by atoms with van der Waals surface area (Å²) in [6.45, 7) is 1.60. The minimum Gasteiger partial charge on any atom is -0.493 e. The molecule has 7 nitrogen and oxygen atoms in total. The Morgan fingerprint density at radius 2 is 1.84 bits per heavy atom. The molecule has 1 N–H and O–H groups in total. The van der Waals surface area contributed by atoms with Crippen molar-refractivity contribution in [1.82, 2.24) is 0 Å². The number of nitro groups is 1. The fourth-order valence-electron chi connectivity index (χ4n) is 2.03. The average Bonchev–Trinajstić information content (AvgIpc) is 2.55. The topological polar surface area (TPSA) is 90.7 Å². The second kappa shape index (κ2) is 8.30. The lowest BCUT2D eigenvalue weighted by atomic mass is 10.2. The van der Waals surface area contributed by atoms with Gasteiger partial charge in [0.25, 0.3) is 11.6 Å². The zero-order valence-corrected chi connectivity index (χ0v) is 16.5. The molecule has 0 saturated carbocycles. The Kier molecular flexibility index (Phi) is 6.38. The van der Waals surface area contributed by atoms with Gasteiger partial charge in [0.1, 0.15) is 0 Å². The Morgan fingerprint density at radius 1 is 1.20 bits per heavy atom. The second-order valence-electron chi connectivity index (χ2n) is 5.03. The third-order valence-electron chi connectivity index (χ3n) is 3.17. The molecule has 2 aromatic carbocycles. The number of non-ortho nitro benzene ring substituents is 1. The van der Waals surface area contributed by atoms with Crippen molar-refractivity contribution in [3.63, 3.8) is 0 Å². The molecule has 0 aliphatic carbocycles. The zero-order chi connectivity index (χ0) is 18.6. The monoisotopic (exact) mass is 472 g/mol. The molecule has 0 aliphatic heterocycles. The number of benzene rings is 2. The van der Waals surface area contributed by atoms with Crippen LogP contribution in [-0.2, 0) is 4.79 Å². The lowest BCUT2D eigenvalue weighted by Crippen LogP contribution is -2.21. The molecule has 0 aliphatic rings. The predicted molar refractivity (Wildman–Crippen MR) is 100 cm³/mol. The van der Waals surface area contributed by atoms with E-state index in [1.54, 1.807) is 0 Å². The molecule has 2 aromatic rings. The fraction of sp³-hybridized carbons (Fsp3) is 0.188. The first kappa shape index (κ1) is 19.2. The second-order valence-corrected chi connectivity index (χ2v) is 6.74. The van der Waals surface area contributed by atoms with Crippen LogP contribution in [0.15, 0.2) is 39.3 Å². The van der Waals surface area contributed by atoms with Gasteiger partial charge in [0.05, 0.1) is 23.8 Å². The van der Waals surface area contributed by atoms with Crippen LogP contribution in [-0.4, -0.2) is 24.5 Å². The molecular weight excluding hydrogens is 460 g/mol. The number of carbonyl (C=O) groups is 1. The molecule has 132 valence electrons. The van der Waals surface area contributed by atoms with Crippen LogP contribution < -0.4 is 14.8 Å². The number of nitrogens with one attached hydrogen (secondary N) is 1. The SMILES string of the molecule is COc1ccc([N+](=O)[O-])cc1OCC(=O)Nc1c(Br)cc(C)cc1Br. The van der Waals surface area contributed by atoms with E-state index in [0.717, 1.165) is 14.5 Å². The van der Waals surface area contributed by atoms with Crippen LogP contribution in [0.3, 0.4) is 0 Å². The average molecular weight is 474 g/mol. The fourth-order valence-corrected chi connectivity index (χ4v) is 3.64. The normalized spacial score (nSPS) is 10.2. The van der Waals surface area contributed by atoms with Crippen molar-refractivity contribution in [3.8, 4) is 11.5 Å². The predicted octanol–water partition coefficient (Wildman–Crippen LogP) is 4.45. The van der Waals surface area contributed by atoms with E-state index >= 15 is 0 Å². The minimum atomic E-state index is -0.549. The highest BCUT2D eigenvalue weighted by atomic mass is 79.9. The zero-order valence-electron chi connectivity index (χ0n) is 13.3. The number of aryl methyl sites for hydroxylation is 1. The van der Waals surface area contributed by atoms with E-state index in [9.17, 15) is 14.9 Å². The maximum Gasteiger partial charge on any atom is 0.273 e. The summed E-state index contributed by atoms with van der Waals surface area (Å²) >= 11 is 6.78. The van der Waals surface area contributed by atoms with E-state index in [4.69, 9.17) is 9.47 Å². The number of carbonyl (C=O) groups excluding carboxylic acids is 1. The molecule has 0 fully saturated rings. The molecule has 1 amide bonds. The van der Waals surface area contributed by atoms with Crippen molar-refractivity contribution in [3.05, 3.63) is 55.0 Å². The van der Waals surface area contributed by atoms with Crippen molar-refractivity contribution in [2.24, 2.45) is 0 Å². The van der Waals surface area contributed by atoms with E-state index < -0.39 is 10.8 Å². The van der Waals surface area contributed by atoms with Gasteiger partial charge in [-0.3, -0.25) is 14.9 Å². The third kappa shape index (κ3) is 4.93. The maximum atomic E-state index is 12.1. The number of hydrogen-bond acceptors (Lipinski definition) is 5. The third-order valence-corrected chi connectivity index (χ3v) is 4.42. The van der Waals surface area contributed by atoms with Gasteiger partial charge in [-0.2, -0.15) is 0 Å². The highest BCUT2D eigenvalue weighted by Crippen LogP contribution is 2.33. The first-order valence-electron chi connectivity index (χ1n) is 7.02. The van der Waals surface area contributed by atoms with Crippen LogP contribution in [0, 0.1) is 17.0 Å². The Morgan fingerprint density at radius 3 is 2.40 bits per heavy atom. The van der Waals surface area contributed by atoms with Crippen LogP contribution in [0.2, 0.25) is 0 Å². The summed E-state index contributed by atoms with van der Waals surface area (Å²) in [6.07, 6.45) is 0. The van der Waals surface area contributed by atoms with Crippen LogP contribution in [0.1, 0.15) is 5.56 Å². The largest absolute Gasteiger partial charge is 0.493 e. The van der Waals surface area contributed by atoms with Gasteiger partial charge in [-0.1, -0.05) is 0 Å². The number of halogens is 2. The maximum absolute atomic E-state index is 12.1. The van der Waals surface area contributed by atoms with Crippen LogP contribution in [0.5, 0.6) is 11.5 Å². The molecule has 0 unspecified atom stereocenters. The van der Waals surface area contributed by atoms with Gasteiger partial charge >= 0.3 is 0 Å². The highest BCUT2D eigenvalue weighted by molar-refractivity contribution is 9.11. The molecule has 0 radical (unpaired) electrons. The summed E-state index contributed by atoms with van der Waals surface area (Å²) in [4.78, 5) is 22.4. The van der Waals surface area contributed by atoms with E-state index in [1.165, 1.54) is 25.3 Å². The number of rotatable bonds is 6. The first-order valence-corrected chi connectivity index (χ1v) is 8.61. The number of hydrogen-bond donors (Lipinski definition) is 1. The number of nitrogens with zero attached hydrogens (tertiary/aromatic N) is 1. The van der Waals surface area contributed by atoms with Gasteiger partial charge in [0.15, 0.2) is 18.1 Å². The van der Waals surface area contributed by atoms with E-state index in [-0.39, 0.29) is 18.0 Å². The van der Waals surface area contributed by atoms with Crippen molar-refractivity contribution in [1.29, 1.82) is 0 Å². The van der Waals surface area contributed by atoms with Crippen LogP contribution in [0.4, 0.5) is 11.4 Å². The molecular formula is C16H14Br2N2O5. The Hall–Kier alpha value is -2.13. The number of ether oxygens (including phenoxy) is 2. The smallest absolute Gasteiger partial charge is 0.273 e. The standard InChI is InChI=1S/C16H14Br2N2O5/c1-9-5-11(17)16(12(18)6-9)19-15(21)8-25-14-7-10(20(22)23)3-4-13(14)24-2/h3-7H,8H2,1-2H3,(H,19,21). The quantitative estimate of drug-likeness (QED) is 0.494. The molecule has 25 heavy (non-hydrogen) atoms. The van der Waals surface area contributed by atoms with E-state index in [2.05, 4.69) is 37.2 Å². The van der Waals surface area contributed by atoms with Gasteiger partial charge in [-0.25, -0.2) is 0 Å². The first-order chi connectivity index (χ1) is 11.8. The number of anilines is 1. The molecule has 0 bridgehead atoms. The van der Waals surface area contributed by atoms with Crippen molar-refractivity contribution < 1.29 is 19.2 Å². The lowest BCUT2D eigenvalue weighted by Gasteiger charge is -2.13. The van der Waals surface area contributed by atoms with E-state index in [0.29, 0.717) is 11.4 Å². The van der Waals surface area contributed by atoms with Gasteiger partial charge < -0.3 is 14.8 Å². The Balaban J connectivity index is 2.10. The summed E-state index contributed by atoms with van der Waals surface area (Å²) in [5, 5.41) is 13.6. The van der Waals surface area contributed by atoms with Crippen molar-refractivity contribution >= 4 is 49.1 Å². The number of methoxy groups -OCH3 is 1. The minimum absolute atomic E-state index is 0.119. The molecule has 0 aromatic heterocycles. The molecule has 0 spiro atoms. The molecule has 0 atom stereocenters. The van der Waals surface area contributed by atoms with Gasteiger partial charge in [-0.05, 0) is 62.5 Å². The summed E-state index contributed by atoms with van der Waals surface area (Å²) in [6, 6.07) is 7.66. The molecule has 2 rings (SSSR count). The van der Waals surface area contributed by atoms with Crippen molar-refractivity contribution in [2.45, 2.75) is 6.92 Å². The summed E-state index contributed by atoms with van der Waals surface area (Å²) < 4.78 is 11.9. The molecule has 9 heteroatoms. The van der Waals surface area contributed by atoms with Crippen LogP contribution >= 0.6 is 31.9 Å². The molecule has 0 heterocycles. The molecule has 0 saturated heterocycles. The Bertz CT molecular complexity index is 803. The van der Waals surface area contributed by atoms with Gasteiger partial charge in [0, 0.05) is 15.0 Å². The van der Waals surface area contributed by atoms with Crippen molar-refractivity contribution in [2.75, 3.05) is 19.0 Å². The Labute approximate surface area is 160 Å². The lowest BCUT2D eigenvalue weighted by molar-refractivity contribution is -0.385. The summed E-state index contributed by atoms with van der Waals surface area (Å²) in [5.41, 5.74) is 1.44. The number of nitro benzene ring substituents is 1. The van der Waals surface area contributed by atoms with Crippen LogP contribution in [0.25, 0.3) is 0 Å². The van der Waals surface area contributed by atoms with E-state index in [1.807, 2.05) is 19.1 Å². The summed E-state index contributed by atoms with van der Waals surface area (Å²) in [7, 11) is 1.41. The number of amides is 1. The summed E-state index contributed by atoms with van der Waals surface area (Å²) in [5.74, 6) is 0.00352. The van der Waals surface area contributed by atoms with Gasteiger partial charge in [-0.15, -0.1) is 0 Å².